The van der Waals surface area contributed by atoms with E-state index in [9.17, 15) is 13.6 Å². The molecule has 0 spiro atoms. The van der Waals surface area contributed by atoms with Crippen molar-refractivity contribution in [3.8, 4) is 0 Å². The van der Waals surface area contributed by atoms with Crippen molar-refractivity contribution in [3.05, 3.63) is 29.8 Å². The summed E-state index contributed by atoms with van der Waals surface area (Å²) >= 11 is 0. The van der Waals surface area contributed by atoms with Crippen LogP contribution >= 0.6 is 0 Å². The summed E-state index contributed by atoms with van der Waals surface area (Å²) in [6.45, 7) is 3.46. The Morgan fingerprint density at radius 2 is 2.00 bits per heavy atom. The molecule has 5 heteroatoms. The van der Waals surface area contributed by atoms with Crippen LogP contribution in [0.25, 0.3) is 0 Å². The molecule has 1 saturated heterocycles. The van der Waals surface area contributed by atoms with Crippen LogP contribution in [0.3, 0.4) is 0 Å². The molecule has 2 rings (SSSR count). The second-order valence-electron chi connectivity index (χ2n) is 4.78. The summed E-state index contributed by atoms with van der Waals surface area (Å²) in [5, 5.41) is 2.52. The summed E-state index contributed by atoms with van der Waals surface area (Å²) in [5.41, 5.74) is 0.149. The molecule has 0 radical (unpaired) electrons. The first kappa shape index (κ1) is 12.8. The Labute approximate surface area is 105 Å². The van der Waals surface area contributed by atoms with Gasteiger partial charge in [-0.2, -0.15) is 0 Å². The number of carbonyl (C=O) groups is 1. The number of hydrogen-bond donors (Lipinski definition) is 1. The van der Waals surface area contributed by atoms with Crippen molar-refractivity contribution < 1.29 is 13.6 Å². The predicted octanol–water partition coefficient (Wildman–Crippen LogP) is 3.23. The monoisotopic (exact) mass is 254 g/mol. The molecule has 1 aromatic carbocycles. The quantitative estimate of drug-likeness (QED) is 0.820. The lowest BCUT2D eigenvalue weighted by molar-refractivity contribution is 0.182. The molecular weight excluding hydrogens is 238 g/mol. The van der Waals surface area contributed by atoms with Gasteiger partial charge in [-0.3, -0.25) is 0 Å². The van der Waals surface area contributed by atoms with Crippen molar-refractivity contribution in [1.29, 1.82) is 0 Å². The average molecular weight is 254 g/mol. The normalized spacial score (nSPS) is 19.7. The Kier molecular flexibility index (Phi) is 3.79. The van der Waals surface area contributed by atoms with Crippen LogP contribution in [0.2, 0.25) is 0 Å². The van der Waals surface area contributed by atoms with E-state index in [1.165, 1.54) is 0 Å². The molecule has 1 atom stereocenters. The topological polar surface area (TPSA) is 32.3 Å². The third-order valence-electron chi connectivity index (χ3n) is 3.06. The standard InChI is InChI=1S/C13H16F2N2O/c1-9-3-2-4-17(8-9)13(18)16-12-6-10(14)5-11(15)7-12/h5-7,9H,2-4,8H2,1H3,(H,16,18). The molecule has 0 saturated carbocycles. The highest BCUT2D eigenvalue weighted by molar-refractivity contribution is 5.89. The number of halogens is 2. The molecule has 1 unspecified atom stereocenters. The van der Waals surface area contributed by atoms with Crippen LogP contribution in [0.15, 0.2) is 18.2 Å². The van der Waals surface area contributed by atoms with Gasteiger partial charge in [-0.05, 0) is 30.9 Å². The molecular formula is C13H16F2N2O. The van der Waals surface area contributed by atoms with Crippen LogP contribution in [0, 0.1) is 17.6 Å². The van der Waals surface area contributed by atoms with E-state index in [2.05, 4.69) is 12.2 Å². The van der Waals surface area contributed by atoms with Gasteiger partial charge in [0.2, 0.25) is 0 Å². The second kappa shape index (κ2) is 5.33. The maximum absolute atomic E-state index is 13.0. The number of urea groups is 1. The van der Waals surface area contributed by atoms with E-state index < -0.39 is 11.6 Å². The van der Waals surface area contributed by atoms with Crippen LogP contribution in [0.5, 0.6) is 0 Å². The molecule has 98 valence electrons. The number of nitrogens with one attached hydrogen (secondary N) is 1. The molecule has 1 heterocycles. The van der Waals surface area contributed by atoms with Crippen molar-refractivity contribution in [1.82, 2.24) is 4.90 Å². The van der Waals surface area contributed by atoms with Gasteiger partial charge >= 0.3 is 6.03 Å². The number of nitrogens with zero attached hydrogens (tertiary/aromatic N) is 1. The van der Waals surface area contributed by atoms with Gasteiger partial charge in [-0.15, -0.1) is 0 Å². The van der Waals surface area contributed by atoms with E-state index in [0.717, 1.165) is 31.0 Å². The van der Waals surface area contributed by atoms with Gasteiger partial charge in [0.25, 0.3) is 0 Å². The molecule has 3 nitrogen and oxygen atoms in total. The lowest BCUT2D eigenvalue weighted by atomic mass is 10.0. The van der Waals surface area contributed by atoms with Gasteiger partial charge in [0.05, 0.1) is 0 Å². The summed E-state index contributed by atoms with van der Waals surface area (Å²) in [6.07, 6.45) is 2.07. The number of piperidine rings is 1. The van der Waals surface area contributed by atoms with Crippen LogP contribution in [-0.4, -0.2) is 24.0 Å². The van der Waals surface area contributed by atoms with Crippen LogP contribution in [-0.2, 0) is 0 Å². The molecule has 18 heavy (non-hydrogen) atoms. The minimum atomic E-state index is -0.697. The van der Waals surface area contributed by atoms with Gasteiger partial charge < -0.3 is 10.2 Å². The minimum absolute atomic E-state index is 0.149. The molecule has 1 fully saturated rings. The molecule has 0 aromatic heterocycles. The number of carbonyl (C=O) groups excluding carboxylic acids is 1. The summed E-state index contributed by atoms with van der Waals surface area (Å²) in [6, 6.07) is 2.69. The number of amides is 2. The Bertz CT molecular complexity index is 430. The van der Waals surface area contributed by atoms with E-state index >= 15 is 0 Å². The highest BCUT2D eigenvalue weighted by atomic mass is 19.1. The zero-order valence-electron chi connectivity index (χ0n) is 10.2. The van der Waals surface area contributed by atoms with Gasteiger partial charge in [-0.25, -0.2) is 13.6 Å². The predicted molar refractivity (Wildman–Crippen MR) is 65.3 cm³/mol. The van der Waals surface area contributed by atoms with Gasteiger partial charge in [0.15, 0.2) is 0 Å². The molecule has 1 aliphatic heterocycles. The van der Waals surface area contributed by atoms with Crippen LogP contribution in [0.4, 0.5) is 19.3 Å². The molecule has 0 bridgehead atoms. The SMILES string of the molecule is CC1CCCN(C(=O)Nc2cc(F)cc(F)c2)C1. The first-order valence-corrected chi connectivity index (χ1v) is 6.06. The lowest BCUT2D eigenvalue weighted by Crippen LogP contribution is -2.41. The van der Waals surface area contributed by atoms with Crippen molar-refractivity contribution in [2.75, 3.05) is 18.4 Å². The van der Waals surface area contributed by atoms with Crippen LogP contribution < -0.4 is 5.32 Å². The van der Waals surface area contributed by atoms with E-state index in [0.29, 0.717) is 19.0 Å². The zero-order chi connectivity index (χ0) is 13.1. The molecule has 1 N–H and O–H groups in total. The maximum Gasteiger partial charge on any atom is 0.321 e. The Morgan fingerprint density at radius 1 is 1.33 bits per heavy atom. The first-order chi connectivity index (χ1) is 8.54. The summed E-state index contributed by atoms with van der Waals surface area (Å²) < 4.78 is 26.0. The van der Waals surface area contributed by atoms with Gasteiger partial charge in [-0.1, -0.05) is 6.92 Å². The number of hydrogen-bond acceptors (Lipinski definition) is 1. The number of rotatable bonds is 1. The second-order valence-corrected chi connectivity index (χ2v) is 4.78. The Hall–Kier alpha value is -1.65. The Balaban J connectivity index is 2.02. The highest BCUT2D eigenvalue weighted by Crippen LogP contribution is 2.18. The highest BCUT2D eigenvalue weighted by Gasteiger charge is 2.21. The van der Waals surface area contributed by atoms with E-state index in [1.54, 1.807) is 4.90 Å². The number of benzene rings is 1. The lowest BCUT2D eigenvalue weighted by Gasteiger charge is -2.30. The smallest absolute Gasteiger partial charge is 0.321 e. The maximum atomic E-state index is 13.0. The molecule has 0 aliphatic carbocycles. The van der Waals surface area contributed by atoms with Crippen molar-refractivity contribution in [3.63, 3.8) is 0 Å². The summed E-state index contributed by atoms with van der Waals surface area (Å²) in [7, 11) is 0. The molecule has 1 aromatic rings. The summed E-state index contributed by atoms with van der Waals surface area (Å²) in [4.78, 5) is 13.6. The van der Waals surface area contributed by atoms with Crippen LogP contribution in [0.1, 0.15) is 19.8 Å². The minimum Gasteiger partial charge on any atom is -0.324 e. The zero-order valence-corrected chi connectivity index (χ0v) is 10.2. The molecule has 1 aliphatic rings. The van der Waals surface area contributed by atoms with Crippen molar-refractivity contribution in [2.24, 2.45) is 5.92 Å². The summed E-state index contributed by atoms with van der Waals surface area (Å²) in [5.74, 6) is -0.927. The Morgan fingerprint density at radius 3 is 2.61 bits per heavy atom. The third kappa shape index (κ3) is 3.18. The van der Waals surface area contributed by atoms with Gasteiger partial charge in [0, 0.05) is 24.8 Å². The van der Waals surface area contributed by atoms with E-state index in [4.69, 9.17) is 0 Å². The van der Waals surface area contributed by atoms with Gasteiger partial charge in [0.1, 0.15) is 11.6 Å². The van der Waals surface area contributed by atoms with Crippen molar-refractivity contribution >= 4 is 11.7 Å². The number of anilines is 1. The first-order valence-electron chi connectivity index (χ1n) is 6.06. The number of likely N-dealkylation sites (tertiary alicyclic amines) is 1. The molecule has 2 amide bonds. The third-order valence-corrected chi connectivity index (χ3v) is 3.06. The fourth-order valence-electron chi connectivity index (χ4n) is 2.20. The van der Waals surface area contributed by atoms with E-state index in [1.807, 2.05) is 0 Å². The van der Waals surface area contributed by atoms with Crippen molar-refractivity contribution in [2.45, 2.75) is 19.8 Å². The fourth-order valence-corrected chi connectivity index (χ4v) is 2.20. The average Bonchev–Trinajstić information content (AvgIpc) is 2.27. The fraction of sp³-hybridized carbons (Fsp3) is 0.462. The largest absolute Gasteiger partial charge is 0.324 e. The van der Waals surface area contributed by atoms with E-state index in [-0.39, 0.29) is 11.7 Å².